The summed E-state index contributed by atoms with van der Waals surface area (Å²) in [4.78, 5) is 11.2. The molecule has 4 aromatic carbocycles. The molecule has 15 nitrogen and oxygen atoms in total. The van der Waals surface area contributed by atoms with Gasteiger partial charge in [-0.1, -0.05) is 132 Å². The second kappa shape index (κ2) is 53.0. The first-order chi connectivity index (χ1) is 36.1. The van der Waals surface area contributed by atoms with Crippen LogP contribution in [0, 0.1) is 0 Å². The highest BCUT2D eigenvalue weighted by atomic mass is 16.3. The van der Waals surface area contributed by atoms with Crippen molar-refractivity contribution in [3.63, 3.8) is 0 Å². The predicted molar refractivity (Wildman–Crippen MR) is 317 cm³/mol. The number of hydrogen-bond acceptors (Lipinski definition) is 14. The van der Waals surface area contributed by atoms with Crippen LogP contribution < -0.4 is 54.0 Å². The zero-order chi connectivity index (χ0) is 56.2. The van der Waals surface area contributed by atoms with E-state index in [-0.39, 0.29) is 59.5 Å². The van der Waals surface area contributed by atoms with Crippen molar-refractivity contribution in [2.24, 2.45) is 11.5 Å². The normalized spacial score (nSPS) is 11.7. The number of carbonyl (C=O) groups excluding carboxylic acids is 1. The molecule has 0 heterocycles. The molecule has 74 heavy (non-hydrogen) atoms. The summed E-state index contributed by atoms with van der Waals surface area (Å²) in [6.45, 7) is 33.4. The van der Waals surface area contributed by atoms with Crippen LogP contribution in [0.5, 0.6) is 23.0 Å². The van der Waals surface area contributed by atoms with Gasteiger partial charge in [0, 0.05) is 116 Å². The number of rotatable bonds is 34. The lowest BCUT2D eigenvalue weighted by molar-refractivity contribution is -0.117. The van der Waals surface area contributed by atoms with Gasteiger partial charge in [-0.3, -0.25) is 4.79 Å². The molecule has 0 spiro atoms. The first kappa shape index (κ1) is 73.4. The van der Waals surface area contributed by atoms with E-state index in [2.05, 4.69) is 42.5 Å². The molecule has 16 N–H and O–H groups in total. The summed E-state index contributed by atoms with van der Waals surface area (Å²) in [5, 5.41) is 67.9. The van der Waals surface area contributed by atoms with Crippen LogP contribution in [0.15, 0.2) is 97.1 Å². The average molecular weight is 1040 g/mol. The topological polar surface area (TPSA) is 246 Å². The van der Waals surface area contributed by atoms with Crippen molar-refractivity contribution in [3.8, 4) is 23.0 Å². The van der Waals surface area contributed by atoms with Gasteiger partial charge in [0.1, 0.15) is 23.0 Å². The molecule has 0 aliphatic heterocycles. The molecule has 0 saturated heterocycles. The van der Waals surface area contributed by atoms with Crippen LogP contribution in [0.4, 0.5) is 0 Å². The third-order valence-electron chi connectivity index (χ3n) is 10.6. The molecule has 0 fully saturated rings. The Morgan fingerprint density at radius 1 is 0.365 bits per heavy atom. The Morgan fingerprint density at radius 2 is 0.581 bits per heavy atom. The Morgan fingerprint density at radius 3 is 0.797 bits per heavy atom. The van der Waals surface area contributed by atoms with Crippen LogP contribution >= 0.6 is 0 Å². The SMILES string of the molecule is CC.CC.CC.CC.CC.CC.NCCNC(CNCCNC(CNCCNC(CNCCNC(CNCCC(N)=O)Cc1ccc(O)cc1)Cc1ccc(O)cc1)Cc1ccc(O)cc1)Cc1ccc(O)cc1. The summed E-state index contributed by atoms with van der Waals surface area (Å²) in [5.74, 6) is 0.674. The van der Waals surface area contributed by atoms with Crippen molar-refractivity contribution in [3.05, 3.63) is 119 Å². The lowest BCUT2D eigenvalue weighted by Gasteiger charge is -2.23. The largest absolute Gasteiger partial charge is 0.508 e. The Hall–Kier alpha value is -4.81. The van der Waals surface area contributed by atoms with Crippen LogP contribution in [0.2, 0.25) is 0 Å². The van der Waals surface area contributed by atoms with Gasteiger partial charge < -0.3 is 74.4 Å². The zero-order valence-corrected chi connectivity index (χ0v) is 48.1. The summed E-state index contributed by atoms with van der Waals surface area (Å²) >= 11 is 0. The molecule has 0 aliphatic rings. The van der Waals surface area contributed by atoms with Crippen LogP contribution in [0.1, 0.15) is 112 Å². The smallest absolute Gasteiger partial charge is 0.218 e. The molecular weight excluding hydrogens is 929 g/mol. The number of aromatic hydroxyl groups is 4. The van der Waals surface area contributed by atoms with Crippen LogP contribution in [-0.4, -0.2) is 136 Å². The summed E-state index contributed by atoms with van der Waals surface area (Å²) < 4.78 is 0. The molecule has 0 aromatic heterocycles. The minimum atomic E-state index is -0.330. The summed E-state index contributed by atoms with van der Waals surface area (Å²) in [5.41, 5.74) is 15.6. The van der Waals surface area contributed by atoms with Gasteiger partial charge in [0.25, 0.3) is 0 Å². The second-order valence-electron chi connectivity index (χ2n) is 15.9. The van der Waals surface area contributed by atoms with E-state index >= 15 is 0 Å². The highest BCUT2D eigenvalue weighted by Gasteiger charge is 2.14. The molecule has 1 amide bonds. The molecule has 0 radical (unpaired) electrons. The molecule has 0 bridgehead atoms. The van der Waals surface area contributed by atoms with E-state index in [1.54, 1.807) is 48.5 Å². The molecular formula is C59H108N10O5. The van der Waals surface area contributed by atoms with E-state index in [1.807, 2.05) is 132 Å². The van der Waals surface area contributed by atoms with Gasteiger partial charge in [0.2, 0.25) is 5.91 Å². The van der Waals surface area contributed by atoms with Gasteiger partial charge in [-0.2, -0.15) is 0 Å². The molecule has 4 atom stereocenters. The van der Waals surface area contributed by atoms with Gasteiger partial charge in [0.15, 0.2) is 0 Å². The van der Waals surface area contributed by atoms with E-state index in [0.717, 1.165) is 113 Å². The van der Waals surface area contributed by atoms with Gasteiger partial charge in [-0.05, 0) is 96.5 Å². The maximum Gasteiger partial charge on any atom is 0.218 e. The van der Waals surface area contributed by atoms with Gasteiger partial charge in [-0.25, -0.2) is 0 Å². The third kappa shape index (κ3) is 39.6. The Balaban J connectivity index is -0.00000390. The number of phenolic OH excluding ortho intramolecular Hbond substituents is 4. The Kier molecular flexibility index (Phi) is 52.6. The van der Waals surface area contributed by atoms with Crippen molar-refractivity contribution in [1.82, 2.24) is 42.5 Å². The highest BCUT2D eigenvalue weighted by Crippen LogP contribution is 2.14. The summed E-state index contributed by atoms with van der Waals surface area (Å²) in [7, 11) is 0. The van der Waals surface area contributed by atoms with Gasteiger partial charge in [0.05, 0.1) is 0 Å². The molecule has 4 aromatic rings. The standard InChI is InChI=1S/C47H72N10O5.6C2H6/c48-18-20-54-39(27-35-1-9-43(58)10-2-35)32-51-21-25-56-41(29-37-5-13-45(60)14-6-37)34-53-23-26-57-42(30-38-7-15-46(61)16-8-38)33-52-22-24-55-40(31-50-19-17-47(49)62)28-36-3-11-44(59)12-4-36;6*1-2/h1-16,39-42,50-61H,17-34,48H2,(H2,49,62);6*1-2H3. The van der Waals surface area contributed by atoms with Crippen molar-refractivity contribution in [1.29, 1.82) is 0 Å². The summed E-state index contributed by atoms with van der Waals surface area (Å²) in [6.07, 6.45) is 3.48. The van der Waals surface area contributed by atoms with Crippen molar-refractivity contribution >= 4 is 5.91 Å². The fraction of sp³-hybridized carbons (Fsp3) is 0.576. The monoisotopic (exact) mass is 1040 g/mol. The van der Waals surface area contributed by atoms with Crippen molar-refractivity contribution in [2.45, 2.75) is 139 Å². The number of nitrogens with one attached hydrogen (secondary N) is 8. The zero-order valence-electron chi connectivity index (χ0n) is 48.1. The Labute approximate surface area is 450 Å². The Bertz CT molecular complexity index is 1770. The van der Waals surface area contributed by atoms with E-state index in [9.17, 15) is 25.2 Å². The minimum Gasteiger partial charge on any atom is -0.508 e. The number of amides is 1. The number of carbonyl (C=O) groups is 1. The average Bonchev–Trinajstić information content (AvgIpc) is 3.44. The first-order valence-electron chi connectivity index (χ1n) is 28.0. The van der Waals surface area contributed by atoms with E-state index in [1.165, 1.54) is 0 Å². The predicted octanol–water partition coefficient (Wildman–Crippen LogP) is 6.96. The molecule has 424 valence electrons. The van der Waals surface area contributed by atoms with E-state index in [0.29, 0.717) is 19.6 Å². The van der Waals surface area contributed by atoms with Crippen LogP contribution in [0.3, 0.4) is 0 Å². The minimum absolute atomic E-state index is 0.119. The van der Waals surface area contributed by atoms with Gasteiger partial charge in [-0.15, -0.1) is 0 Å². The number of nitrogens with two attached hydrogens (primary N) is 2. The molecule has 0 saturated carbocycles. The fourth-order valence-corrected chi connectivity index (χ4v) is 7.23. The van der Waals surface area contributed by atoms with Crippen molar-refractivity contribution < 1.29 is 25.2 Å². The maximum absolute atomic E-state index is 11.2. The highest BCUT2D eigenvalue weighted by molar-refractivity contribution is 5.73. The van der Waals surface area contributed by atoms with Crippen molar-refractivity contribution in [2.75, 3.05) is 85.1 Å². The lowest BCUT2D eigenvalue weighted by atomic mass is 10.0. The summed E-state index contributed by atoms with van der Waals surface area (Å²) in [6, 6.07) is 30.0. The molecule has 15 heteroatoms. The second-order valence-corrected chi connectivity index (χ2v) is 15.9. The number of hydrogen-bond donors (Lipinski definition) is 14. The number of primary amides is 1. The van der Waals surface area contributed by atoms with E-state index < -0.39 is 0 Å². The molecule has 4 unspecified atom stereocenters. The molecule has 4 rings (SSSR count). The molecule has 0 aliphatic carbocycles. The third-order valence-corrected chi connectivity index (χ3v) is 10.6. The van der Waals surface area contributed by atoms with Crippen LogP contribution in [-0.2, 0) is 30.5 Å². The van der Waals surface area contributed by atoms with E-state index in [4.69, 9.17) is 11.5 Å². The van der Waals surface area contributed by atoms with Gasteiger partial charge >= 0.3 is 0 Å². The number of phenols is 4. The maximum atomic E-state index is 11.2. The quantitative estimate of drug-likeness (QED) is 0.0212. The van der Waals surface area contributed by atoms with Crippen LogP contribution in [0.25, 0.3) is 0 Å². The first-order valence-corrected chi connectivity index (χ1v) is 28.0. The lowest BCUT2D eigenvalue weighted by Crippen LogP contribution is -2.48. The fourth-order valence-electron chi connectivity index (χ4n) is 7.23. The number of benzene rings is 4.